The van der Waals surface area contributed by atoms with Gasteiger partial charge in [0.15, 0.2) is 0 Å². The summed E-state index contributed by atoms with van der Waals surface area (Å²) in [6, 6.07) is -0.169. The molecule has 2 fully saturated rings. The highest BCUT2D eigenvalue weighted by molar-refractivity contribution is 5.68. The van der Waals surface area contributed by atoms with Gasteiger partial charge in [-0.1, -0.05) is 6.42 Å². The average molecular weight is 269 g/mol. The molecule has 0 aliphatic heterocycles. The second-order valence-corrected chi connectivity index (χ2v) is 7.39. The first-order chi connectivity index (χ1) is 8.82. The van der Waals surface area contributed by atoms with Crippen LogP contribution in [0.4, 0.5) is 4.79 Å². The molecule has 1 amide bonds. The van der Waals surface area contributed by atoms with E-state index in [1.807, 2.05) is 20.8 Å². The summed E-state index contributed by atoms with van der Waals surface area (Å²) in [6.07, 6.45) is 7.15. The second-order valence-electron chi connectivity index (χ2n) is 7.39. The van der Waals surface area contributed by atoms with Gasteiger partial charge in [0.1, 0.15) is 5.60 Å². The molecular weight excluding hydrogens is 242 g/mol. The lowest BCUT2D eigenvalue weighted by Crippen LogP contribution is -2.47. The zero-order valence-electron chi connectivity index (χ0n) is 12.4. The molecule has 4 heteroatoms. The van der Waals surface area contributed by atoms with E-state index < -0.39 is 11.7 Å². The third-order valence-electron chi connectivity index (χ3n) is 4.42. The van der Waals surface area contributed by atoms with Crippen LogP contribution in [0.3, 0.4) is 0 Å². The largest absolute Gasteiger partial charge is 0.444 e. The van der Waals surface area contributed by atoms with Gasteiger partial charge < -0.3 is 15.2 Å². The number of carbonyl (C=O) groups is 1. The number of nitrogens with one attached hydrogen (secondary N) is 1. The van der Waals surface area contributed by atoms with E-state index in [-0.39, 0.29) is 12.6 Å². The Morgan fingerprint density at radius 3 is 2.47 bits per heavy atom. The molecule has 0 aromatic carbocycles. The molecule has 4 nitrogen and oxygen atoms in total. The molecule has 110 valence electrons. The minimum atomic E-state index is -0.490. The van der Waals surface area contributed by atoms with Crippen LogP contribution >= 0.6 is 0 Å². The Bertz CT molecular complexity index is 323. The summed E-state index contributed by atoms with van der Waals surface area (Å²) in [5, 5.41) is 12.1. The Labute approximate surface area is 115 Å². The fourth-order valence-corrected chi connectivity index (χ4v) is 3.47. The standard InChI is InChI=1S/C15H27NO3/c1-14(2,3)19-13(18)16-12(10-17)7-11-8-15(9-11)5-4-6-15/h11-12,17H,4-10H2,1-3H3,(H,16,18)/t12-/m1/s1. The van der Waals surface area contributed by atoms with Crippen molar-refractivity contribution in [1.29, 1.82) is 0 Å². The molecule has 2 rings (SSSR count). The Hall–Kier alpha value is -0.770. The zero-order chi connectivity index (χ0) is 14.1. The lowest BCUT2D eigenvalue weighted by atomic mass is 9.51. The monoisotopic (exact) mass is 269 g/mol. The molecular formula is C15H27NO3. The first kappa shape index (κ1) is 14.6. The van der Waals surface area contributed by atoms with Crippen LogP contribution in [0.2, 0.25) is 0 Å². The molecule has 1 spiro atoms. The van der Waals surface area contributed by atoms with Crippen molar-refractivity contribution in [2.45, 2.75) is 70.9 Å². The number of aliphatic hydroxyl groups is 1. The molecule has 0 heterocycles. The molecule has 0 radical (unpaired) electrons. The van der Waals surface area contributed by atoms with Crippen molar-refractivity contribution in [3.63, 3.8) is 0 Å². The zero-order valence-corrected chi connectivity index (χ0v) is 12.4. The summed E-state index contributed by atoms with van der Waals surface area (Å²) in [5.41, 5.74) is 0.160. The summed E-state index contributed by atoms with van der Waals surface area (Å²) in [4.78, 5) is 11.7. The quantitative estimate of drug-likeness (QED) is 0.825. The van der Waals surface area contributed by atoms with Crippen LogP contribution in [-0.2, 0) is 4.74 Å². The van der Waals surface area contributed by atoms with Gasteiger partial charge in [-0.05, 0) is 64.2 Å². The predicted molar refractivity (Wildman–Crippen MR) is 73.9 cm³/mol. The van der Waals surface area contributed by atoms with Gasteiger partial charge >= 0.3 is 6.09 Å². The number of ether oxygens (including phenoxy) is 1. The fourth-order valence-electron chi connectivity index (χ4n) is 3.47. The summed E-state index contributed by atoms with van der Waals surface area (Å²) < 4.78 is 5.22. The van der Waals surface area contributed by atoms with Gasteiger partial charge in [0, 0.05) is 0 Å². The smallest absolute Gasteiger partial charge is 0.407 e. The topological polar surface area (TPSA) is 58.6 Å². The molecule has 0 aromatic rings. The van der Waals surface area contributed by atoms with Crippen molar-refractivity contribution in [2.75, 3.05) is 6.61 Å². The van der Waals surface area contributed by atoms with Crippen LogP contribution in [-0.4, -0.2) is 29.4 Å². The van der Waals surface area contributed by atoms with Crippen molar-refractivity contribution in [1.82, 2.24) is 5.32 Å². The van der Waals surface area contributed by atoms with Gasteiger partial charge in [-0.15, -0.1) is 0 Å². The highest BCUT2D eigenvalue weighted by Gasteiger charge is 2.48. The molecule has 1 atom stereocenters. The number of carbonyl (C=O) groups excluding carboxylic acids is 1. The maximum atomic E-state index is 11.7. The van der Waals surface area contributed by atoms with E-state index in [4.69, 9.17) is 4.74 Å². The van der Waals surface area contributed by atoms with Gasteiger partial charge in [0.05, 0.1) is 12.6 Å². The minimum absolute atomic E-state index is 0.0112. The Morgan fingerprint density at radius 2 is 2.05 bits per heavy atom. The van der Waals surface area contributed by atoms with Crippen molar-refractivity contribution < 1.29 is 14.6 Å². The Kier molecular flexibility index (Phi) is 4.09. The van der Waals surface area contributed by atoms with Crippen LogP contribution in [0.1, 0.15) is 59.3 Å². The number of rotatable bonds is 4. The third kappa shape index (κ3) is 3.85. The highest BCUT2D eigenvalue weighted by Crippen LogP contribution is 2.59. The number of amides is 1. The van der Waals surface area contributed by atoms with Crippen LogP contribution < -0.4 is 5.32 Å². The molecule has 19 heavy (non-hydrogen) atoms. The maximum Gasteiger partial charge on any atom is 0.407 e. The van der Waals surface area contributed by atoms with Gasteiger partial charge in [-0.25, -0.2) is 4.79 Å². The predicted octanol–water partition coefficient (Wildman–Crippen LogP) is 2.84. The van der Waals surface area contributed by atoms with E-state index in [2.05, 4.69) is 5.32 Å². The van der Waals surface area contributed by atoms with Crippen molar-refractivity contribution in [2.24, 2.45) is 11.3 Å². The normalized spacial score (nSPS) is 23.4. The first-order valence-corrected chi connectivity index (χ1v) is 7.42. The van der Waals surface area contributed by atoms with E-state index >= 15 is 0 Å². The van der Waals surface area contributed by atoms with E-state index in [0.717, 1.165) is 6.42 Å². The number of alkyl carbamates (subject to hydrolysis) is 1. The van der Waals surface area contributed by atoms with Crippen LogP contribution in [0.15, 0.2) is 0 Å². The van der Waals surface area contributed by atoms with E-state index in [9.17, 15) is 9.90 Å². The average Bonchev–Trinajstić information content (AvgIpc) is 2.15. The van der Waals surface area contributed by atoms with Gasteiger partial charge in [-0.2, -0.15) is 0 Å². The molecule has 2 aliphatic carbocycles. The van der Waals surface area contributed by atoms with Crippen molar-refractivity contribution >= 4 is 6.09 Å². The van der Waals surface area contributed by atoms with Crippen LogP contribution in [0.25, 0.3) is 0 Å². The third-order valence-corrected chi connectivity index (χ3v) is 4.42. The molecule has 0 bridgehead atoms. The summed E-state index contributed by atoms with van der Waals surface area (Å²) in [7, 11) is 0. The van der Waals surface area contributed by atoms with E-state index in [1.165, 1.54) is 32.1 Å². The Morgan fingerprint density at radius 1 is 1.42 bits per heavy atom. The fraction of sp³-hybridized carbons (Fsp3) is 0.933. The minimum Gasteiger partial charge on any atom is -0.444 e. The molecule has 2 saturated carbocycles. The lowest BCUT2D eigenvalue weighted by molar-refractivity contribution is -0.0340. The number of aliphatic hydroxyl groups excluding tert-OH is 1. The number of hydrogen-bond acceptors (Lipinski definition) is 3. The van der Waals surface area contributed by atoms with E-state index in [0.29, 0.717) is 11.3 Å². The van der Waals surface area contributed by atoms with Crippen molar-refractivity contribution in [3.8, 4) is 0 Å². The molecule has 2 N–H and O–H groups in total. The van der Waals surface area contributed by atoms with Crippen LogP contribution in [0, 0.1) is 11.3 Å². The number of hydrogen-bond donors (Lipinski definition) is 2. The summed E-state index contributed by atoms with van der Waals surface area (Å²) in [6.45, 7) is 5.51. The molecule has 0 saturated heterocycles. The Balaban J connectivity index is 1.70. The van der Waals surface area contributed by atoms with Crippen LogP contribution in [0.5, 0.6) is 0 Å². The molecule has 0 aromatic heterocycles. The highest BCUT2D eigenvalue weighted by atomic mass is 16.6. The van der Waals surface area contributed by atoms with Gasteiger partial charge in [0.25, 0.3) is 0 Å². The van der Waals surface area contributed by atoms with Gasteiger partial charge in [-0.3, -0.25) is 0 Å². The summed E-state index contributed by atoms with van der Waals surface area (Å²) in [5.74, 6) is 0.660. The summed E-state index contributed by atoms with van der Waals surface area (Å²) >= 11 is 0. The second kappa shape index (κ2) is 5.31. The van der Waals surface area contributed by atoms with Crippen molar-refractivity contribution in [3.05, 3.63) is 0 Å². The van der Waals surface area contributed by atoms with E-state index in [1.54, 1.807) is 0 Å². The lowest BCUT2D eigenvalue weighted by Gasteiger charge is -2.55. The maximum absolute atomic E-state index is 11.7. The molecule has 2 aliphatic rings. The first-order valence-electron chi connectivity index (χ1n) is 7.42. The SMILES string of the molecule is CC(C)(C)OC(=O)N[C@@H](CO)CC1CC2(CCC2)C1. The van der Waals surface area contributed by atoms with Gasteiger partial charge in [0.2, 0.25) is 0 Å². The molecule has 0 unspecified atom stereocenters.